The molecule has 0 aliphatic heterocycles. The van der Waals surface area contributed by atoms with Crippen LogP contribution in [0.5, 0.6) is 0 Å². The van der Waals surface area contributed by atoms with E-state index in [1.165, 1.54) is 6.92 Å². The normalized spacial score (nSPS) is 12.8. The third kappa shape index (κ3) is 13.3. The number of carboxylic acid groups (broad SMARTS) is 2. The van der Waals surface area contributed by atoms with E-state index in [0.717, 1.165) is 0 Å². The van der Waals surface area contributed by atoms with Crippen LogP contribution in [0.1, 0.15) is 19.8 Å². The highest BCUT2D eigenvalue weighted by Crippen LogP contribution is 2.10. The molecule has 1 unspecified atom stereocenters. The average Bonchev–Trinajstić information content (AvgIpc) is 2.21. The molecule has 0 bridgehead atoms. The van der Waals surface area contributed by atoms with Crippen LogP contribution in [0.15, 0.2) is 12.2 Å². The van der Waals surface area contributed by atoms with E-state index in [1.54, 1.807) is 21.1 Å². The summed E-state index contributed by atoms with van der Waals surface area (Å²) in [6.45, 7) is 4.60. The van der Waals surface area contributed by atoms with Crippen LogP contribution in [-0.4, -0.2) is 67.4 Å². The summed E-state index contributed by atoms with van der Waals surface area (Å²) >= 11 is 0. The third-order valence-electron chi connectivity index (χ3n) is 2.45. The van der Waals surface area contributed by atoms with Crippen LogP contribution in [0.2, 0.25) is 0 Å². The van der Waals surface area contributed by atoms with Gasteiger partial charge in [0.1, 0.15) is 6.04 Å². The highest BCUT2D eigenvalue weighted by atomic mass is 32.2. The highest BCUT2D eigenvalue weighted by molar-refractivity contribution is 7.85. The van der Waals surface area contributed by atoms with Gasteiger partial charge in [0.25, 0.3) is 10.1 Å². The lowest BCUT2D eigenvalue weighted by molar-refractivity contribution is -0.889. The van der Waals surface area contributed by atoms with Gasteiger partial charge in [0.15, 0.2) is 0 Å². The first-order valence-electron chi connectivity index (χ1n) is 6.04. The highest BCUT2D eigenvalue weighted by Gasteiger charge is 2.25. The van der Waals surface area contributed by atoms with Crippen molar-refractivity contribution >= 4 is 22.1 Å². The maximum atomic E-state index is 10.8. The van der Waals surface area contributed by atoms with Gasteiger partial charge in [-0.25, -0.2) is 4.79 Å². The summed E-state index contributed by atoms with van der Waals surface area (Å²) < 4.78 is 29.5. The van der Waals surface area contributed by atoms with Gasteiger partial charge in [-0.1, -0.05) is 6.58 Å². The number of hydrogen-bond acceptors (Lipinski definition) is 5. The molecule has 0 amide bonds. The molecule has 0 heterocycles. The Morgan fingerprint density at radius 1 is 1.29 bits per heavy atom. The van der Waals surface area contributed by atoms with Gasteiger partial charge < -0.3 is 19.5 Å². The minimum atomic E-state index is -4.01. The van der Waals surface area contributed by atoms with Gasteiger partial charge in [0.05, 0.1) is 32.9 Å². The molecule has 21 heavy (non-hydrogen) atoms. The number of hydrogen-bond donors (Lipinski definition) is 2. The number of carbonyl (C=O) groups is 2. The summed E-state index contributed by atoms with van der Waals surface area (Å²) in [5.41, 5.74) is 0.176. The molecule has 0 fully saturated rings. The van der Waals surface area contributed by atoms with Crippen LogP contribution in [-0.2, 0) is 19.7 Å². The molecule has 2 N–H and O–H groups in total. The fraction of sp³-hybridized carbons (Fsp3) is 0.667. The second kappa shape index (κ2) is 8.75. The van der Waals surface area contributed by atoms with Crippen molar-refractivity contribution in [1.82, 2.24) is 0 Å². The Morgan fingerprint density at radius 2 is 1.67 bits per heavy atom. The van der Waals surface area contributed by atoms with Crippen molar-refractivity contribution in [2.24, 2.45) is 0 Å². The fourth-order valence-corrected chi connectivity index (χ4v) is 1.81. The van der Waals surface area contributed by atoms with Crippen LogP contribution in [0.25, 0.3) is 0 Å². The second-order valence-electron chi connectivity index (χ2n) is 5.46. The molecule has 0 spiro atoms. The van der Waals surface area contributed by atoms with Crippen molar-refractivity contribution in [3.63, 3.8) is 0 Å². The first-order valence-corrected chi connectivity index (χ1v) is 7.65. The maximum Gasteiger partial charge on any atom is 0.330 e. The lowest BCUT2D eigenvalue weighted by Gasteiger charge is -2.34. The number of aliphatic carboxylic acids is 2. The first-order chi connectivity index (χ1) is 9.18. The number of carboxylic acids is 2. The molecule has 0 saturated carbocycles. The minimum Gasteiger partial charge on any atom is -0.544 e. The van der Waals surface area contributed by atoms with E-state index in [-0.39, 0.29) is 22.9 Å². The lowest BCUT2D eigenvalue weighted by atomic mass is 10.1. The van der Waals surface area contributed by atoms with Gasteiger partial charge in [-0.2, -0.15) is 8.42 Å². The van der Waals surface area contributed by atoms with Gasteiger partial charge in [0, 0.05) is 12.0 Å². The van der Waals surface area contributed by atoms with Gasteiger partial charge in [-0.15, -0.1) is 0 Å². The largest absolute Gasteiger partial charge is 0.544 e. The molecule has 124 valence electrons. The number of nitrogens with zero attached hydrogens (tertiary/aromatic N) is 1. The van der Waals surface area contributed by atoms with Gasteiger partial charge in [0.2, 0.25) is 0 Å². The van der Waals surface area contributed by atoms with Gasteiger partial charge in [-0.3, -0.25) is 4.55 Å². The first kappa shape index (κ1) is 21.8. The van der Waals surface area contributed by atoms with E-state index in [4.69, 9.17) is 9.66 Å². The summed E-state index contributed by atoms with van der Waals surface area (Å²) in [6, 6.07) is -0.772. The van der Waals surface area contributed by atoms with Crippen molar-refractivity contribution in [1.29, 1.82) is 0 Å². The Morgan fingerprint density at radius 3 is 1.86 bits per heavy atom. The predicted molar refractivity (Wildman–Crippen MR) is 74.9 cm³/mol. The Kier molecular flexibility index (Phi) is 9.10. The van der Waals surface area contributed by atoms with Crippen LogP contribution in [0, 0.1) is 0 Å². The molecule has 0 aromatic carbocycles. The maximum absolute atomic E-state index is 10.8. The smallest absolute Gasteiger partial charge is 0.330 e. The molecule has 0 aliphatic carbocycles. The molecule has 8 nitrogen and oxygen atoms in total. The molecule has 0 rings (SSSR count). The molecule has 0 aliphatic rings. The number of quaternary nitrogens is 1. The molecule has 0 radical (unpaired) electrons. The number of likely N-dealkylation sites (N-methyl/N-ethyl adjacent to an activating group) is 1. The summed E-state index contributed by atoms with van der Waals surface area (Å²) in [6.07, 6.45) is 0.263. The Hall–Kier alpha value is -1.45. The van der Waals surface area contributed by atoms with Crippen LogP contribution in [0.4, 0.5) is 0 Å². The average molecular weight is 325 g/mol. The predicted octanol–water partition coefficient (Wildman–Crippen LogP) is -0.874. The lowest BCUT2D eigenvalue weighted by Crippen LogP contribution is -2.54. The van der Waals surface area contributed by atoms with E-state index >= 15 is 0 Å². The molecular formula is C12H23NO7S. The molecule has 0 aromatic rings. The molecule has 0 aromatic heterocycles. The zero-order valence-corrected chi connectivity index (χ0v) is 13.5. The third-order valence-corrected chi connectivity index (χ3v) is 3.26. The van der Waals surface area contributed by atoms with Crippen LogP contribution >= 0.6 is 0 Å². The zero-order valence-electron chi connectivity index (χ0n) is 12.7. The molecule has 9 heteroatoms. The topological polar surface area (TPSA) is 132 Å². The standard InChI is InChI=1S/C8H17NO5S.C4H6O2/c1-9(2,3)7(8(10)11)5-4-6-15(12,13)14;1-3(2)4(5)6/h7H,4-6H2,1-3H3,(H-,10,11,12,13,14);1H2,2H3,(H,5,6). The van der Waals surface area contributed by atoms with E-state index in [2.05, 4.69) is 6.58 Å². The molecule has 0 saturated heterocycles. The fourth-order valence-electron chi connectivity index (χ4n) is 1.28. The summed E-state index contributed by atoms with van der Waals surface area (Å²) in [5, 5.41) is 18.7. The zero-order chi connectivity index (χ0) is 17.4. The molecular weight excluding hydrogens is 302 g/mol. The Labute approximate surface area is 125 Å². The van der Waals surface area contributed by atoms with Crippen LogP contribution < -0.4 is 5.11 Å². The quantitative estimate of drug-likeness (QED) is 0.353. The summed E-state index contributed by atoms with van der Waals surface area (Å²) in [7, 11) is 1.05. The summed E-state index contributed by atoms with van der Waals surface area (Å²) in [4.78, 5) is 20.4. The van der Waals surface area contributed by atoms with E-state index in [9.17, 15) is 23.1 Å². The van der Waals surface area contributed by atoms with Gasteiger partial charge >= 0.3 is 5.97 Å². The van der Waals surface area contributed by atoms with Crippen molar-refractivity contribution in [3.05, 3.63) is 12.2 Å². The Bertz CT molecular complexity index is 464. The van der Waals surface area contributed by atoms with Crippen molar-refractivity contribution in [3.8, 4) is 0 Å². The second-order valence-corrected chi connectivity index (χ2v) is 7.04. The van der Waals surface area contributed by atoms with Crippen LogP contribution in [0.3, 0.4) is 0 Å². The van der Waals surface area contributed by atoms with Crippen molar-refractivity contribution in [2.45, 2.75) is 25.8 Å². The summed E-state index contributed by atoms with van der Waals surface area (Å²) in [5.74, 6) is -2.57. The molecule has 1 atom stereocenters. The Balaban J connectivity index is 0. The monoisotopic (exact) mass is 325 g/mol. The minimum absolute atomic E-state index is 0.104. The van der Waals surface area contributed by atoms with Crippen molar-refractivity contribution in [2.75, 3.05) is 26.9 Å². The van der Waals surface area contributed by atoms with E-state index < -0.39 is 33.9 Å². The number of rotatable bonds is 7. The van der Waals surface area contributed by atoms with Crippen molar-refractivity contribution < 1.29 is 37.3 Å². The van der Waals surface area contributed by atoms with Gasteiger partial charge in [-0.05, 0) is 13.3 Å². The van der Waals surface area contributed by atoms with E-state index in [0.29, 0.717) is 0 Å². The van der Waals surface area contributed by atoms with E-state index in [1.807, 2.05) is 0 Å². The SMILES string of the molecule is C=C(C)C(=O)O.C[N+](C)(C)C(CCCS(=O)(=O)O)C(=O)[O-]. The number of carbonyl (C=O) groups excluding carboxylic acids is 1.